The van der Waals surface area contributed by atoms with Gasteiger partial charge < -0.3 is 30.7 Å². The van der Waals surface area contributed by atoms with Crippen LogP contribution in [0.25, 0.3) is 0 Å². The lowest BCUT2D eigenvalue weighted by Gasteiger charge is -2.36. The predicted octanol–water partition coefficient (Wildman–Crippen LogP) is 3.80. The van der Waals surface area contributed by atoms with Crippen molar-refractivity contribution in [3.8, 4) is 23.0 Å². The first-order chi connectivity index (χ1) is 17.3. The number of nitrogens with two attached hydrogens (primary N) is 1. The van der Waals surface area contributed by atoms with Gasteiger partial charge in [-0.2, -0.15) is 0 Å². The van der Waals surface area contributed by atoms with Crippen LogP contribution >= 0.6 is 0 Å². The van der Waals surface area contributed by atoms with Crippen LogP contribution in [0, 0.1) is 11.6 Å². The van der Waals surface area contributed by atoms with Gasteiger partial charge in [-0.1, -0.05) is 12.5 Å². The molecule has 8 nitrogen and oxygen atoms in total. The number of fused-ring (bicyclic) bond motifs is 6. The van der Waals surface area contributed by atoms with Crippen molar-refractivity contribution in [1.82, 2.24) is 5.32 Å². The molecule has 0 radical (unpaired) electrons. The van der Waals surface area contributed by atoms with Crippen LogP contribution in [0.15, 0.2) is 42.5 Å². The number of ether oxygens (including phenoxy) is 2. The average Bonchev–Trinajstić information content (AvgIpc) is 3.14. The second-order valence-corrected chi connectivity index (χ2v) is 8.64. The fourth-order valence-electron chi connectivity index (χ4n) is 4.63. The number of carbonyl (C=O) groups excluding carboxylic acids is 2. The number of phenols is 2. The summed E-state index contributed by atoms with van der Waals surface area (Å²) in [6, 6.07) is 8.25. The number of benzene rings is 3. The molecule has 2 aliphatic heterocycles. The molecule has 36 heavy (non-hydrogen) atoms. The molecule has 0 saturated heterocycles. The molecule has 3 aromatic rings. The molecule has 186 valence electrons. The minimum atomic E-state index is -1.84. The van der Waals surface area contributed by atoms with Crippen molar-refractivity contribution >= 4 is 11.9 Å². The van der Waals surface area contributed by atoms with Gasteiger partial charge >= 0.3 is 5.97 Å². The lowest BCUT2D eigenvalue weighted by molar-refractivity contribution is 0.0221. The smallest absolute Gasteiger partial charge is 0.340 e. The summed E-state index contributed by atoms with van der Waals surface area (Å²) in [5, 5.41) is 22.6. The van der Waals surface area contributed by atoms with Gasteiger partial charge in [-0.25, -0.2) is 13.6 Å². The summed E-state index contributed by atoms with van der Waals surface area (Å²) in [6.45, 7) is 1.01. The molecule has 0 aliphatic carbocycles. The number of phenolic OH excluding ortho intramolecular Hbond substituents is 2. The number of halogens is 2. The molecule has 0 saturated carbocycles. The summed E-state index contributed by atoms with van der Waals surface area (Å²) < 4.78 is 40.5. The van der Waals surface area contributed by atoms with E-state index in [1.807, 2.05) is 0 Å². The summed E-state index contributed by atoms with van der Waals surface area (Å²) >= 11 is 0. The van der Waals surface area contributed by atoms with Crippen molar-refractivity contribution in [3.63, 3.8) is 0 Å². The largest absolute Gasteiger partial charge is 0.505 e. The van der Waals surface area contributed by atoms with Crippen molar-refractivity contribution in [2.45, 2.75) is 24.9 Å². The van der Waals surface area contributed by atoms with Crippen LogP contribution in [0.2, 0.25) is 0 Å². The number of esters is 1. The Bertz CT molecular complexity index is 1350. The first kappa shape index (κ1) is 23.6. The molecular weight excluding hydrogens is 474 g/mol. The molecule has 1 amide bonds. The lowest BCUT2D eigenvalue weighted by atomic mass is 9.77. The standard InChI is InChI=1S/C26H22F2N2O6/c27-18-9-16-22(11-20(18)31)35-23-12-21(32)19(28)10-17(23)26(16)15-5-4-13(8-14(15)25(34)36-26)24(33)30-7-3-1-2-6-29/h4-5,8-12,31-32H,1-3,6-7,29H2,(H,30,33). The van der Waals surface area contributed by atoms with Gasteiger partial charge in [0.25, 0.3) is 5.91 Å². The number of amides is 1. The number of hydrogen-bond acceptors (Lipinski definition) is 7. The number of rotatable bonds is 6. The van der Waals surface area contributed by atoms with Crippen LogP contribution in [0.5, 0.6) is 23.0 Å². The maximum atomic E-state index is 14.5. The molecule has 0 bridgehead atoms. The molecule has 2 aliphatic rings. The zero-order valence-corrected chi connectivity index (χ0v) is 18.9. The van der Waals surface area contributed by atoms with Gasteiger partial charge in [0, 0.05) is 29.8 Å². The van der Waals surface area contributed by atoms with Crippen molar-refractivity contribution < 1.29 is 38.1 Å². The zero-order valence-electron chi connectivity index (χ0n) is 18.9. The van der Waals surface area contributed by atoms with E-state index in [0.717, 1.165) is 43.5 Å². The van der Waals surface area contributed by atoms with Crippen molar-refractivity contribution in [3.05, 3.63) is 81.9 Å². The summed E-state index contributed by atoms with van der Waals surface area (Å²) in [5.74, 6) is -4.73. The Morgan fingerprint density at radius 2 is 1.56 bits per heavy atom. The van der Waals surface area contributed by atoms with E-state index >= 15 is 0 Å². The van der Waals surface area contributed by atoms with Gasteiger partial charge in [0.2, 0.25) is 0 Å². The van der Waals surface area contributed by atoms with Gasteiger partial charge in [0.15, 0.2) is 28.7 Å². The van der Waals surface area contributed by atoms with Gasteiger partial charge in [-0.3, -0.25) is 4.79 Å². The number of aromatic hydroxyl groups is 2. The molecule has 3 aromatic carbocycles. The van der Waals surface area contributed by atoms with Crippen molar-refractivity contribution in [1.29, 1.82) is 0 Å². The summed E-state index contributed by atoms with van der Waals surface area (Å²) in [6.07, 6.45) is 2.48. The highest BCUT2D eigenvalue weighted by Gasteiger charge is 2.54. The van der Waals surface area contributed by atoms with Crippen LogP contribution in [-0.2, 0) is 10.3 Å². The number of nitrogens with one attached hydrogen (secondary N) is 1. The van der Waals surface area contributed by atoms with E-state index in [0.29, 0.717) is 13.1 Å². The molecule has 0 unspecified atom stereocenters. The third-order valence-electron chi connectivity index (χ3n) is 6.37. The minimum absolute atomic E-state index is 0.0135. The molecule has 1 spiro atoms. The third-order valence-corrected chi connectivity index (χ3v) is 6.37. The average molecular weight is 496 g/mol. The van der Waals surface area contributed by atoms with Crippen LogP contribution < -0.4 is 15.8 Å². The number of carbonyl (C=O) groups is 2. The van der Waals surface area contributed by atoms with Crippen molar-refractivity contribution in [2.24, 2.45) is 5.73 Å². The second kappa shape index (κ2) is 8.80. The number of hydrogen-bond donors (Lipinski definition) is 4. The maximum absolute atomic E-state index is 14.5. The molecule has 0 aromatic heterocycles. The molecule has 10 heteroatoms. The molecular formula is C26H22F2N2O6. The van der Waals surface area contributed by atoms with Gasteiger partial charge in [-0.05, 0) is 43.7 Å². The molecule has 5 rings (SSSR count). The topological polar surface area (TPSA) is 131 Å². The summed E-state index contributed by atoms with van der Waals surface area (Å²) in [4.78, 5) is 25.7. The first-order valence-corrected chi connectivity index (χ1v) is 11.4. The van der Waals surface area contributed by atoms with Crippen LogP contribution in [0.1, 0.15) is 56.7 Å². The highest BCUT2D eigenvalue weighted by molar-refractivity contribution is 6.01. The van der Waals surface area contributed by atoms with Crippen molar-refractivity contribution in [2.75, 3.05) is 13.1 Å². The first-order valence-electron chi connectivity index (χ1n) is 11.4. The van der Waals surface area contributed by atoms with E-state index in [9.17, 15) is 28.6 Å². The van der Waals surface area contributed by atoms with E-state index in [-0.39, 0.29) is 45.2 Å². The monoisotopic (exact) mass is 496 g/mol. The van der Waals surface area contributed by atoms with E-state index in [1.54, 1.807) is 0 Å². The normalized spacial score (nSPS) is 14.5. The maximum Gasteiger partial charge on any atom is 0.340 e. The molecule has 0 fully saturated rings. The number of unbranched alkanes of at least 4 members (excludes halogenated alkanes) is 2. The minimum Gasteiger partial charge on any atom is -0.505 e. The molecule has 0 atom stereocenters. The Kier molecular flexibility index (Phi) is 5.76. The molecule has 2 heterocycles. The fourth-order valence-corrected chi connectivity index (χ4v) is 4.63. The summed E-state index contributed by atoms with van der Waals surface area (Å²) in [5.41, 5.74) is 4.14. The lowest BCUT2D eigenvalue weighted by Crippen LogP contribution is -2.33. The summed E-state index contributed by atoms with van der Waals surface area (Å²) in [7, 11) is 0. The highest BCUT2D eigenvalue weighted by Crippen LogP contribution is 2.57. The van der Waals surface area contributed by atoms with Crippen LogP contribution in [0.3, 0.4) is 0 Å². The van der Waals surface area contributed by atoms with Crippen LogP contribution in [-0.4, -0.2) is 35.2 Å². The Morgan fingerprint density at radius 1 is 0.917 bits per heavy atom. The van der Waals surface area contributed by atoms with Gasteiger partial charge in [0.05, 0.1) is 16.7 Å². The SMILES string of the molecule is NCCCCCNC(=O)c1ccc2c(c1)C(=O)OC21c2cc(F)c(O)cc2Oc2cc(O)c(F)cc21. The Labute approximate surface area is 204 Å². The van der Waals surface area contributed by atoms with E-state index in [4.69, 9.17) is 15.2 Å². The third kappa shape index (κ3) is 3.61. The quantitative estimate of drug-likeness (QED) is 0.302. The van der Waals surface area contributed by atoms with Gasteiger partial charge in [-0.15, -0.1) is 0 Å². The van der Waals surface area contributed by atoms with E-state index in [2.05, 4.69) is 5.32 Å². The Balaban J connectivity index is 1.61. The zero-order chi connectivity index (χ0) is 25.6. The molecule has 5 N–H and O–H groups in total. The highest BCUT2D eigenvalue weighted by atomic mass is 19.1. The fraction of sp³-hybridized carbons (Fsp3) is 0.231. The Hall–Kier alpha value is -4.18. The van der Waals surface area contributed by atoms with E-state index < -0.39 is 34.7 Å². The van der Waals surface area contributed by atoms with Crippen LogP contribution in [0.4, 0.5) is 8.78 Å². The van der Waals surface area contributed by atoms with E-state index in [1.165, 1.54) is 18.2 Å². The van der Waals surface area contributed by atoms with Gasteiger partial charge in [0.1, 0.15) is 11.5 Å². The Morgan fingerprint density at radius 3 is 2.17 bits per heavy atom. The predicted molar refractivity (Wildman–Crippen MR) is 123 cm³/mol. The second-order valence-electron chi connectivity index (χ2n) is 8.64.